The third-order valence-corrected chi connectivity index (χ3v) is 4.70. The van der Waals surface area contributed by atoms with Crippen LogP contribution in [-0.2, 0) is 0 Å². The van der Waals surface area contributed by atoms with E-state index in [1.807, 2.05) is 43.3 Å². The Bertz CT molecular complexity index is 1070. The number of aromatic nitrogens is 3. The number of anilines is 1. The maximum absolute atomic E-state index is 5.54. The summed E-state index contributed by atoms with van der Waals surface area (Å²) in [4.78, 5) is 9.07. The summed E-state index contributed by atoms with van der Waals surface area (Å²) in [7, 11) is 0. The SMILES string of the molecule is Cc1ccc(-c2noc(-c3cccnc3N[C@H](C)c3ccc(C)cc3)n2)cc1. The average Bonchev–Trinajstić information content (AvgIpc) is 3.19. The van der Waals surface area contributed by atoms with Crippen molar-refractivity contribution >= 4 is 5.82 Å². The fourth-order valence-electron chi connectivity index (χ4n) is 2.99. The van der Waals surface area contributed by atoms with E-state index in [1.165, 1.54) is 16.7 Å². The van der Waals surface area contributed by atoms with E-state index in [-0.39, 0.29) is 6.04 Å². The average molecular weight is 370 g/mol. The second kappa shape index (κ2) is 7.64. The first-order valence-corrected chi connectivity index (χ1v) is 9.29. The monoisotopic (exact) mass is 370 g/mol. The van der Waals surface area contributed by atoms with E-state index >= 15 is 0 Å². The van der Waals surface area contributed by atoms with Crippen LogP contribution in [0.2, 0.25) is 0 Å². The summed E-state index contributed by atoms with van der Waals surface area (Å²) in [6, 6.07) is 20.4. The van der Waals surface area contributed by atoms with E-state index in [0.29, 0.717) is 11.7 Å². The van der Waals surface area contributed by atoms with Gasteiger partial charge in [-0.05, 0) is 38.5 Å². The highest BCUT2D eigenvalue weighted by molar-refractivity contribution is 5.70. The smallest absolute Gasteiger partial charge is 0.261 e. The van der Waals surface area contributed by atoms with Gasteiger partial charge in [-0.15, -0.1) is 0 Å². The summed E-state index contributed by atoms with van der Waals surface area (Å²) in [5.74, 6) is 1.73. The molecule has 4 rings (SSSR count). The van der Waals surface area contributed by atoms with Gasteiger partial charge in [0.05, 0.1) is 5.56 Å². The van der Waals surface area contributed by atoms with Gasteiger partial charge in [0, 0.05) is 17.8 Å². The van der Waals surface area contributed by atoms with Crippen LogP contribution >= 0.6 is 0 Å². The standard InChI is InChI=1S/C23H22N4O/c1-15-6-10-18(11-7-15)17(3)25-22-20(5-4-14-24-22)23-26-21(27-28-23)19-12-8-16(2)9-13-19/h4-14,17H,1-3H3,(H,24,25)/t17-/m1/s1. The third kappa shape index (κ3) is 3.78. The lowest BCUT2D eigenvalue weighted by Crippen LogP contribution is -2.09. The Morgan fingerprint density at radius 1 is 0.893 bits per heavy atom. The third-order valence-electron chi connectivity index (χ3n) is 4.70. The molecule has 0 bridgehead atoms. The number of hydrogen-bond donors (Lipinski definition) is 1. The summed E-state index contributed by atoms with van der Waals surface area (Å²) < 4.78 is 5.54. The van der Waals surface area contributed by atoms with Gasteiger partial charge < -0.3 is 9.84 Å². The van der Waals surface area contributed by atoms with Crippen LogP contribution in [0.15, 0.2) is 71.4 Å². The summed E-state index contributed by atoms with van der Waals surface area (Å²) >= 11 is 0. The molecule has 0 amide bonds. The molecule has 140 valence electrons. The van der Waals surface area contributed by atoms with Crippen LogP contribution in [0.4, 0.5) is 5.82 Å². The number of pyridine rings is 1. The van der Waals surface area contributed by atoms with Crippen molar-refractivity contribution in [3.8, 4) is 22.8 Å². The quantitative estimate of drug-likeness (QED) is 0.496. The summed E-state index contributed by atoms with van der Waals surface area (Å²) in [6.07, 6.45) is 1.75. The van der Waals surface area contributed by atoms with Crippen LogP contribution in [0.1, 0.15) is 29.7 Å². The van der Waals surface area contributed by atoms with Gasteiger partial charge in [0.1, 0.15) is 5.82 Å². The molecule has 0 unspecified atom stereocenters. The predicted octanol–water partition coefficient (Wildman–Crippen LogP) is 5.59. The molecule has 2 heterocycles. The van der Waals surface area contributed by atoms with Crippen molar-refractivity contribution in [1.82, 2.24) is 15.1 Å². The molecular weight excluding hydrogens is 348 g/mol. The Labute approximate surface area is 164 Å². The summed E-state index contributed by atoms with van der Waals surface area (Å²) in [5.41, 5.74) is 5.33. The topological polar surface area (TPSA) is 63.8 Å². The zero-order valence-electron chi connectivity index (χ0n) is 16.2. The molecule has 4 aromatic rings. The Morgan fingerprint density at radius 3 is 2.29 bits per heavy atom. The first-order valence-electron chi connectivity index (χ1n) is 9.29. The minimum Gasteiger partial charge on any atom is -0.363 e. The van der Waals surface area contributed by atoms with Crippen LogP contribution in [0.25, 0.3) is 22.8 Å². The Morgan fingerprint density at radius 2 is 1.57 bits per heavy atom. The van der Waals surface area contributed by atoms with Gasteiger partial charge in [-0.2, -0.15) is 4.98 Å². The van der Waals surface area contributed by atoms with Crippen LogP contribution in [0, 0.1) is 13.8 Å². The largest absolute Gasteiger partial charge is 0.363 e. The molecule has 0 fully saturated rings. The molecule has 5 nitrogen and oxygen atoms in total. The molecule has 0 aliphatic heterocycles. The molecule has 0 saturated heterocycles. The highest BCUT2D eigenvalue weighted by Crippen LogP contribution is 2.29. The molecule has 2 aromatic heterocycles. The lowest BCUT2D eigenvalue weighted by Gasteiger charge is -2.16. The second-order valence-electron chi connectivity index (χ2n) is 6.97. The summed E-state index contributed by atoms with van der Waals surface area (Å²) in [5, 5.41) is 7.60. The van der Waals surface area contributed by atoms with E-state index in [9.17, 15) is 0 Å². The molecule has 2 aromatic carbocycles. The fourth-order valence-corrected chi connectivity index (χ4v) is 2.99. The van der Waals surface area contributed by atoms with Crippen molar-refractivity contribution in [2.24, 2.45) is 0 Å². The second-order valence-corrected chi connectivity index (χ2v) is 6.97. The normalized spacial score (nSPS) is 12.0. The van der Waals surface area contributed by atoms with E-state index in [4.69, 9.17) is 4.52 Å². The number of nitrogens with one attached hydrogen (secondary N) is 1. The van der Waals surface area contributed by atoms with E-state index in [0.717, 1.165) is 16.9 Å². The highest BCUT2D eigenvalue weighted by Gasteiger charge is 2.16. The Kier molecular flexibility index (Phi) is 4.89. The fraction of sp³-hybridized carbons (Fsp3) is 0.174. The molecule has 0 spiro atoms. The van der Waals surface area contributed by atoms with Gasteiger partial charge in [-0.3, -0.25) is 0 Å². The van der Waals surface area contributed by atoms with Gasteiger partial charge in [0.2, 0.25) is 5.82 Å². The van der Waals surface area contributed by atoms with Crippen molar-refractivity contribution in [2.45, 2.75) is 26.8 Å². The first kappa shape index (κ1) is 17.9. The van der Waals surface area contributed by atoms with Crippen molar-refractivity contribution in [3.05, 3.63) is 83.6 Å². The molecule has 5 heteroatoms. The van der Waals surface area contributed by atoms with Crippen molar-refractivity contribution in [2.75, 3.05) is 5.32 Å². The zero-order valence-corrected chi connectivity index (χ0v) is 16.2. The zero-order chi connectivity index (χ0) is 19.5. The lowest BCUT2D eigenvalue weighted by atomic mass is 10.1. The Balaban J connectivity index is 1.61. The van der Waals surface area contributed by atoms with E-state index < -0.39 is 0 Å². The van der Waals surface area contributed by atoms with Gasteiger partial charge in [0.25, 0.3) is 5.89 Å². The molecule has 0 aliphatic rings. The number of rotatable bonds is 5. The highest BCUT2D eigenvalue weighted by atomic mass is 16.5. The first-order chi connectivity index (χ1) is 13.6. The van der Waals surface area contributed by atoms with E-state index in [2.05, 4.69) is 58.6 Å². The predicted molar refractivity (Wildman–Crippen MR) is 111 cm³/mol. The van der Waals surface area contributed by atoms with Crippen LogP contribution in [0.3, 0.4) is 0 Å². The van der Waals surface area contributed by atoms with Gasteiger partial charge in [-0.25, -0.2) is 4.98 Å². The van der Waals surface area contributed by atoms with Crippen molar-refractivity contribution in [1.29, 1.82) is 0 Å². The maximum atomic E-state index is 5.54. The number of benzene rings is 2. The lowest BCUT2D eigenvalue weighted by molar-refractivity contribution is 0.432. The molecule has 0 aliphatic carbocycles. The molecular formula is C23H22N4O. The molecule has 1 atom stereocenters. The van der Waals surface area contributed by atoms with Crippen molar-refractivity contribution < 1.29 is 4.52 Å². The van der Waals surface area contributed by atoms with Crippen LogP contribution in [0.5, 0.6) is 0 Å². The molecule has 0 radical (unpaired) electrons. The van der Waals surface area contributed by atoms with Gasteiger partial charge in [-0.1, -0.05) is 64.8 Å². The Hall–Kier alpha value is -3.47. The number of hydrogen-bond acceptors (Lipinski definition) is 5. The number of aryl methyl sites for hydroxylation is 2. The van der Waals surface area contributed by atoms with Gasteiger partial charge >= 0.3 is 0 Å². The molecule has 28 heavy (non-hydrogen) atoms. The van der Waals surface area contributed by atoms with Gasteiger partial charge in [0.15, 0.2) is 0 Å². The molecule has 0 saturated carbocycles. The minimum atomic E-state index is 0.0914. The van der Waals surface area contributed by atoms with Crippen LogP contribution < -0.4 is 5.32 Å². The maximum Gasteiger partial charge on any atom is 0.261 e. The number of nitrogens with zero attached hydrogens (tertiary/aromatic N) is 3. The molecule has 1 N–H and O–H groups in total. The minimum absolute atomic E-state index is 0.0914. The van der Waals surface area contributed by atoms with E-state index in [1.54, 1.807) is 6.20 Å². The van der Waals surface area contributed by atoms with Crippen LogP contribution in [-0.4, -0.2) is 15.1 Å². The summed E-state index contributed by atoms with van der Waals surface area (Å²) in [6.45, 7) is 6.24. The van der Waals surface area contributed by atoms with Crippen molar-refractivity contribution in [3.63, 3.8) is 0 Å².